The van der Waals surface area contributed by atoms with Gasteiger partial charge in [0.05, 0.1) is 6.26 Å². The van der Waals surface area contributed by atoms with Crippen molar-refractivity contribution >= 4 is 5.97 Å². The van der Waals surface area contributed by atoms with Crippen molar-refractivity contribution in [2.75, 3.05) is 0 Å². The first kappa shape index (κ1) is 15.9. The number of carbonyl (C=O) groups is 1. The van der Waals surface area contributed by atoms with Gasteiger partial charge < -0.3 is 9.52 Å². The topological polar surface area (TPSA) is 50.4 Å². The molecule has 0 spiro atoms. The van der Waals surface area contributed by atoms with Crippen LogP contribution < -0.4 is 0 Å². The normalized spacial score (nSPS) is 27.4. The predicted octanol–water partition coefficient (Wildman–Crippen LogP) is 4.92. The number of hydrogen-bond donors (Lipinski definition) is 1. The van der Waals surface area contributed by atoms with E-state index in [1.165, 1.54) is 11.1 Å². The summed E-state index contributed by atoms with van der Waals surface area (Å²) in [6, 6.07) is 3.96. The molecule has 0 unspecified atom stereocenters. The van der Waals surface area contributed by atoms with E-state index in [1.54, 1.807) is 12.3 Å². The third-order valence-corrected chi connectivity index (χ3v) is 5.67. The highest BCUT2D eigenvalue weighted by Crippen LogP contribution is 2.50. The standard InChI is InChI=1S/C20H24O3/c1-14-8-9-15-13-16(19(21)22)5-3-7-18(15)20(14,2)11-10-17-6-4-12-23-17/h3-7,12,14H,8-11,13H2,1-2H3,(H,21,22)/t14-,20+/m1/s1. The van der Waals surface area contributed by atoms with Crippen LogP contribution >= 0.6 is 0 Å². The van der Waals surface area contributed by atoms with Crippen molar-refractivity contribution in [2.24, 2.45) is 11.3 Å². The summed E-state index contributed by atoms with van der Waals surface area (Å²) in [5.74, 6) is 0.791. The van der Waals surface area contributed by atoms with Gasteiger partial charge in [-0.25, -0.2) is 4.79 Å². The Morgan fingerprint density at radius 2 is 2.30 bits per heavy atom. The van der Waals surface area contributed by atoms with Gasteiger partial charge in [0, 0.05) is 18.4 Å². The zero-order chi connectivity index (χ0) is 16.4. The molecule has 0 fully saturated rings. The number of carboxylic acid groups (broad SMARTS) is 1. The zero-order valence-electron chi connectivity index (χ0n) is 13.8. The second kappa shape index (κ2) is 6.23. The second-order valence-corrected chi connectivity index (χ2v) is 6.99. The fraction of sp³-hybridized carbons (Fsp3) is 0.450. The maximum Gasteiger partial charge on any atom is 0.331 e. The lowest BCUT2D eigenvalue weighted by atomic mass is 9.62. The first-order valence-electron chi connectivity index (χ1n) is 8.36. The summed E-state index contributed by atoms with van der Waals surface area (Å²) in [6.07, 6.45) is 12.2. The van der Waals surface area contributed by atoms with Gasteiger partial charge in [0.2, 0.25) is 0 Å². The molecule has 1 aromatic rings. The summed E-state index contributed by atoms with van der Waals surface area (Å²) in [5.41, 5.74) is 3.20. The molecule has 1 heterocycles. The quantitative estimate of drug-likeness (QED) is 0.859. The fourth-order valence-electron chi connectivity index (χ4n) is 3.92. The van der Waals surface area contributed by atoms with Crippen LogP contribution in [-0.2, 0) is 11.2 Å². The Morgan fingerprint density at radius 1 is 1.48 bits per heavy atom. The molecule has 1 aromatic heterocycles. The summed E-state index contributed by atoms with van der Waals surface area (Å²) in [6.45, 7) is 4.64. The van der Waals surface area contributed by atoms with Crippen molar-refractivity contribution in [1.29, 1.82) is 0 Å². The first-order valence-corrected chi connectivity index (χ1v) is 8.36. The molecule has 122 valence electrons. The van der Waals surface area contributed by atoms with Gasteiger partial charge in [-0.1, -0.05) is 37.6 Å². The number of carboxylic acids is 1. The Hall–Kier alpha value is -2.03. The lowest BCUT2D eigenvalue weighted by Crippen LogP contribution is -2.32. The highest BCUT2D eigenvalue weighted by Gasteiger charge is 2.39. The molecule has 3 rings (SSSR count). The van der Waals surface area contributed by atoms with Crippen molar-refractivity contribution < 1.29 is 14.3 Å². The first-order chi connectivity index (χ1) is 11.0. The van der Waals surface area contributed by atoms with Gasteiger partial charge in [-0.15, -0.1) is 0 Å². The van der Waals surface area contributed by atoms with Crippen LogP contribution in [0.15, 0.2) is 57.8 Å². The number of aryl methyl sites for hydroxylation is 1. The Kier molecular flexibility index (Phi) is 4.29. The van der Waals surface area contributed by atoms with Crippen LogP contribution in [0.5, 0.6) is 0 Å². The van der Waals surface area contributed by atoms with Crippen molar-refractivity contribution in [3.63, 3.8) is 0 Å². The predicted molar refractivity (Wildman–Crippen MR) is 90.0 cm³/mol. The molecule has 3 nitrogen and oxygen atoms in total. The van der Waals surface area contributed by atoms with Gasteiger partial charge in [0.15, 0.2) is 0 Å². The van der Waals surface area contributed by atoms with Crippen molar-refractivity contribution in [3.05, 3.63) is 59.1 Å². The van der Waals surface area contributed by atoms with Crippen LogP contribution in [0.3, 0.4) is 0 Å². The van der Waals surface area contributed by atoms with Crippen LogP contribution in [-0.4, -0.2) is 11.1 Å². The van der Waals surface area contributed by atoms with E-state index >= 15 is 0 Å². The summed E-state index contributed by atoms with van der Waals surface area (Å²) < 4.78 is 5.49. The second-order valence-electron chi connectivity index (χ2n) is 6.99. The molecule has 0 radical (unpaired) electrons. The molecule has 2 atom stereocenters. The summed E-state index contributed by atoms with van der Waals surface area (Å²) in [7, 11) is 0. The Morgan fingerprint density at radius 3 is 3.00 bits per heavy atom. The summed E-state index contributed by atoms with van der Waals surface area (Å²) >= 11 is 0. The van der Waals surface area contributed by atoms with Crippen LogP contribution in [0.4, 0.5) is 0 Å². The molecule has 23 heavy (non-hydrogen) atoms. The Balaban J connectivity index is 1.89. The van der Waals surface area contributed by atoms with Gasteiger partial charge in [0.1, 0.15) is 5.76 Å². The van der Waals surface area contributed by atoms with Crippen LogP contribution in [0.1, 0.15) is 45.3 Å². The SMILES string of the molecule is C[C@@H]1CCC2=C(C=CC=C(C(=O)O)C2)[C@@]1(C)CCc1ccco1. The van der Waals surface area contributed by atoms with Crippen LogP contribution in [0.2, 0.25) is 0 Å². The van der Waals surface area contributed by atoms with E-state index in [1.807, 2.05) is 18.2 Å². The number of hydrogen-bond acceptors (Lipinski definition) is 2. The van der Waals surface area contributed by atoms with Gasteiger partial charge >= 0.3 is 5.97 Å². The number of furan rings is 1. The highest BCUT2D eigenvalue weighted by molar-refractivity contribution is 5.87. The average molecular weight is 312 g/mol. The average Bonchev–Trinajstić information content (AvgIpc) is 2.94. The highest BCUT2D eigenvalue weighted by atomic mass is 16.4. The van der Waals surface area contributed by atoms with Gasteiger partial charge in [-0.3, -0.25) is 0 Å². The molecule has 3 heteroatoms. The van der Waals surface area contributed by atoms with E-state index < -0.39 is 5.97 Å². The Bertz CT molecular complexity index is 676. The van der Waals surface area contributed by atoms with Crippen LogP contribution in [0.25, 0.3) is 0 Å². The smallest absolute Gasteiger partial charge is 0.331 e. The molecule has 0 aromatic carbocycles. The minimum Gasteiger partial charge on any atom is -0.478 e. The number of rotatable bonds is 4. The van der Waals surface area contributed by atoms with Gasteiger partial charge in [-0.05, 0) is 48.3 Å². The van der Waals surface area contributed by atoms with Crippen molar-refractivity contribution in [2.45, 2.75) is 46.0 Å². The molecule has 0 saturated heterocycles. The molecule has 2 aliphatic rings. The molecular formula is C20H24O3. The molecule has 0 bridgehead atoms. The monoisotopic (exact) mass is 312 g/mol. The van der Waals surface area contributed by atoms with E-state index in [2.05, 4.69) is 19.9 Å². The van der Waals surface area contributed by atoms with E-state index in [4.69, 9.17) is 4.42 Å². The van der Waals surface area contributed by atoms with Gasteiger partial charge in [-0.2, -0.15) is 0 Å². The Labute approximate surface area is 137 Å². The van der Waals surface area contributed by atoms with E-state index in [9.17, 15) is 9.90 Å². The van der Waals surface area contributed by atoms with Crippen molar-refractivity contribution in [1.82, 2.24) is 0 Å². The summed E-state index contributed by atoms with van der Waals surface area (Å²) in [5, 5.41) is 9.33. The zero-order valence-corrected chi connectivity index (χ0v) is 13.8. The minimum atomic E-state index is -0.806. The largest absolute Gasteiger partial charge is 0.478 e. The molecule has 1 N–H and O–H groups in total. The van der Waals surface area contributed by atoms with Gasteiger partial charge in [0.25, 0.3) is 0 Å². The van der Waals surface area contributed by atoms with Crippen molar-refractivity contribution in [3.8, 4) is 0 Å². The lowest BCUT2D eigenvalue weighted by Gasteiger charge is -2.42. The number of aliphatic carboxylic acids is 1. The molecule has 2 aliphatic carbocycles. The molecular weight excluding hydrogens is 288 g/mol. The molecule has 0 aliphatic heterocycles. The van der Waals surface area contributed by atoms with E-state index in [-0.39, 0.29) is 5.41 Å². The maximum atomic E-state index is 11.4. The van der Waals surface area contributed by atoms with E-state index in [0.29, 0.717) is 17.9 Å². The lowest BCUT2D eigenvalue weighted by molar-refractivity contribution is -0.132. The van der Waals surface area contributed by atoms with Crippen LogP contribution in [0, 0.1) is 11.3 Å². The minimum absolute atomic E-state index is 0.0681. The fourth-order valence-corrected chi connectivity index (χ4v) is 3.92. The third kappa shape index (κ3) is 3.05. The molecule has 0 amide bonds. The maximum absolute atomic E-state index is 11.4. The summed E-state index contributed by atoms with van der Waals surface area (Å²) in [4.78, 5) is 11.4. The molecule has 0 saturated carbocycles. The van der Waals surface area contributed by atoms with E-state index in [0.717, 1.165) is 31.4 Å². The number of allylic oxidation sites excluding steroid dienone is 5. The third-order valence-electron chi connectivity index (χ3n) is 5.67.